The molecule has 72 valence electrons. The summed E-state index contributed by atoms with van der Waals surface area (Å²) in [6.45, 7) is 4.70. The highest BCUT2D eigenvalue weighted by Gasteiger charge is 2.17. The van der Waals surface area contributed by atoms with Gasteiger partial charge in [0, 0.05) is 20.1 Å². The Morgan fingerprint density at radius 2 is 2.08 bits per heavy atom. The van der Waals surface area contributed by atoms with Crippen molar-refractivity contribution in [3.8, 4) is 0 Å². The van der Waals surface area contributed by atoms with Crippen LogP contribution < -0.4 is 4.90 Å². The number of anilines is 1. The summed E-state index contributed by atoms with van der Waals surface area (Å²) < 4.78 is 2.09. The number of imidazole rings is 1. The molecule has 0 aromatic carbocycles. The zero-order valence-corrected chi connectivity index (χ0v) is 8.40. The van der Waals surface area contributed by atoms with Gasteiger partial charge in [0.1, 0.15) is 5.82 Å². The molecule has 1 aliphatic heterocycles. The molecule has 3 nitrogen and oxygen atoms in total. The van der Waals surface area contributed by atoms with Crippen LogP contribution in [0.15, 0.2) is 12.5 Å². The van der Waals surface area contributed by atoms with Crippen LogP contribution in [0.4, 0.5) is 5.82 Å². The number of hydrogen-bond donors (Lipinski definition) is 0. The zero-order valence-electron chi connectivity index (χ0n) is 8.40. The van der Waals surface area contributed by atoms with Gasteiger partial charge in [-0.3, -0.25) is 0 Å². The quantitative estimate of drug-likeness (QED) is 0.653. The summed E-state index contributed by atoms with van der Waals surface area (Å²) in [6.07, 6.45) is 6.44. The van der Waals surface area contributed by atoms with Gasteiger partial charge < -0.3 is 9.47 Å². The normalized spacial score (nSPS) is 19.4. The summed E-state index contributed by atoms with van der Waals surface area (Å²) in [5.74, 6) is 2.15. The van der Waals surface area contributed by atoms with Crippen molar-refractivity contribution in [2.45, 2.75) is 19.8 Å². The lowest BCUT2D eigenvalue weighted by Crippen LogP contribution is -2.33. The third kappa shape index (κ3) is 1.69. The maximum Gasteiger partial charge on any atom is 0.128 e. The molecule has 0 bridgehead atoms. The zero-order chi connectivity index (χ0) is 9.26. The van der Waals surface area contributed by atoms with Crippen LogP contribution in [-0.4, -0.2) is 22.6 Å². The number of piperidine rings is 1. The van der Waals surface area contributed by atoms with Gasteiger partial charge in [-0.25, -0.2) is 4.98 Å². The largest absolute Gasteiger partial charge is 0.357 e. The van der Waals surface area contributed by atoms with Gasteiger partial charge in [-0.1, -0.05) is 6.92 Å². The molecular weight excluding hydrogens is 162 g/mol. The molecule has 1 saturated heterocycles. The number of nitrogens with zero attached hydrogens (tertiary/aromatic N) is 3. The van der Waals surface area contributed by atoms with Gasteiger partial charge in [0.15, 0.2) is 0 Å². The first-order chi connectivity index (χ1) is 6.27. The lowest BCUT2D eigenvalue weighted by molar-refractivity contribution is 0.434. The van der Waals surface area contributed by atoms with Crippen molar-refractivity contribution >= 4 is 5.82 Å². The Labute approximate surface area is 79.4 Å². The highest BCUT2D eigenvalue weighted by Crippen LogP contribution is 2.21. The van der Waals surface area contributed by atoms with Crippen LogP contribution in [0.25, 0.3) is 0 Å². The van der Waals surface area contributed by atoms with Crippen LogP contribution in [0.2, 0.25) is 0 Å². The van der Waals surface area contributed by atoms with E-state index in [9.17, 15) is 0 Å². The topological polar surface area (TPSA) is 21.1 Å². The van der Waals surface area contributed by atoms with E-state index in [-0.39, 0.29) is 0 Å². The maximum absolute atomic E-state index is 4.14. The predicted octanol–water partition coefficient (Wildman–Crippen LogP) is 1.66. The third-order valence-electron chi connectivity index (χ3n) is 2.90. The Hall–Kier alpha value is -0.990. The van der Waals surface area contributed by atoms with Gasteiger partial charge in [0.05, 0.1) is 12.5 Å². The minimum atomic E-state index is 0.893. The molecule has 2 rings (SSSR count). The van der Waals surface area contributed by atoms with Crippen LogP contribution in [0, 0.1) is 5.92 Å². The lowest BCUT2D eigenvalue weighted by atomic mass is 9.99. The SMILES string of the molecule is CC1CCN(c2cncn2C)CC1. The van der Waals surface area contributed by atoms with Gasteiger partial charge in [0.2, 0.25) is 0 Å². The number of rotatable bonds is 1. The smallest absolute Gasteiger partial charge is 0.128 e. The van der Waals surface area contributed by atoms with E-state index >= 15 is 0 Å². The Bertz CT molecular complexity index is 271. The summed E-state index contributed by atoms with van der Waals surface area (Å²) in [6, 6.07) is 0. The lowest BCUT2D eigenvalue weighted by Gasteiger charge is -2.31. The van der Waals surface area contributed by atoms with Crippen molar-refractivity contribution in [2.24, 2.45) is 13.0 Å². The molecule has 2 heterocycles. The second-order valence-corrected chi connectivity index (χ2v) is 4.03. The summed E-state index contributed by atoms with van der Waals surface area (Å²) in [4.78, 5) is 6.56. The van der Waals surface area contributed by atoms with Crippen LogP contribution >= 0.6 is 0 Å². The van der Waals surface area contributed by atoms with Gasteiger partial charge in [-0.05, 0) is 18.8 Å². The van der Waals surface area contributed by atoms with E-state index < -0.39 is 0 Å². The fraction of sp³-hybridized carbons (Fsp3) is 0.700. The van der Waals surface area contributed by atoms with E-state index in [2.05, 4.69) is 28.4 Å². The van der Waals surface area contributed by atoms with E-state index in [4.69, 9.17) is 0 Å². The molecule has 0 spiro atoms. The monoisotopic (exact) mass is 179 g/mol. The fourth-order valence-electron chi connectivity index (χ4n) is 1.89. The van der Waals surface area contributed by atoms with Crippen molar-refractivity contribution in [2.75, 3.05) is 18.0 Å². The van der Waals surface area contributed by atoms with Gasteiger partial charge in [0.25, 0.3) is 0 Å². The van der Waals surface area contributed by atoms with Crippen LogP contribution in [0.5, 0.6) is 0 Å². The Balaban J connectivity index is 2.06. The Morgan fingerprint density at radius 1 is 1.38 bits per heavy atom. The Morgan fingerprint density at radius 3 is 2.62 bits per heavy atom. The maximum atomic E-state index is 4.14. The summed E-state index contributed by atoms with van der Waals surface area (Å²) in [5.41, 5.74) is 0. The molecular formula is C10H17N3. The fourth-order valence-corrected chi connectivity index (χ4v) is 1.89. The second-order valence-electron chi connectivity index (χ2n) is 4.03. The average molecular weight is 179 g/mol. The minimum absolute atomic E-state index is 0.893. The Kier molecular flexibility index (Phi) is 2.25. The molecule has 1 aromatic heterocycles. The first-order valence-electron chi connectivity index (χ1n) is 4.98. The highest BCUT2D eigenvalue weighted by molar-refractivity contribution is 5.37. The molecule has 3 heteroatoms. The molecule has 1 aliphatic rings. The van der Waals surface area contributed by atoms with E-state index in [1.807, 2.05) is 12.5 Å². The predicted molar refractivity (Wildman–Crippen MR) is 53.8 cm³/mol. The molecule has 0 atom stereocenters. The molecule has 0 amide bonds. The number of aromatic nitrogens is 2. The third-order valence-corrected chi connectivity index (χ3v) is 2.90. The van der Waals surface area contributed by atoms with E-state index in [0.29, 0.717) is 0 Å². The van der Waals surface area contributed by atoms with Gasteiger partial charge >= 0.3 is 0 Å². The highest BCUT2D eigenvalue weighted by atomic mass is 15.3. The number of hydrogen-bond acceptors (Lipinski definition) is 2. The summed E-state index contributed by atoms with van der Waals surface area (Å²) in [7, 11) is 2.06. The van der Waals surface area contributed by atoms with Crippen molar-refractivity contribution in [3.05, 3.63) is 12.5 Å². The van der Waals surface area contributed by atoms with Crippen molar-refractivity contribution in [3.63, 3.8) is 0 Å². The number of aryl methyl sites for hydroxylation is 1. The molecule has 13 heavy (non-hydrogen) atoms. The standard InChI is InChI=1S/C10H17N3/c1-9-3-5-13(6-4-9)10-7-11-8-12(10)2/h7-9H,3-6H2,1-2H3. The minimum Gasteiger partial charge on any atom is -0.357 e. The first kappa shape index (κ1) is 8.60. The second kappa shape index (κ2) is 3.40. The van der Waals surface area contributed by atoms with Crippen LogP contribution in [0.3, 0.4) is 0 Å². The molecule has 0 saturated carbocycles. The van der Waals surface area contributed by atoms with Crippen LogP contribution in [0.1, 0.15) is 19.8 Å². The molecule has 1 aromatic rings. The molecule has 1 fully saturated rings. The van der Waals surface area contributed by atoms with Crippen LogP contribution in [-0.2, 0) is 7.05 Å². The molecule has 0 N–H and O–H groups in total. The van der Waals surface area contributed by atoms with Gasteiger partial charge in [-0.2, -0.15) is 0 Å². The summed E-state index contributed by atoms with van der Waals surface area (Å²) in [5, 5.41) is 0. The van der Waals surface area contributed by atoms with E-state index in [1.54, 1.807) is 0 Å². The van der Waals surface area contributed by atoms with Crippen molar-refractivity contribution in [1.82, 2.24) is 9.55 Å². The average Bonchev–Trinajstić information content (AvgIpc) is 2.53. The molecule has 0 aliphatic carbocycles. The molecule has 0 radical (unpaired) electrons. The van der Waals surface area contributed by atoms with Crippen molar-refractivity contribution < 1.29 is 0 Å². The summed E-state index contributed by atoms with van der Waals surface area (Å²) >= 11 is 0. The molecule has 0 unspecified atom stereocenters. The van der Waals surface area contributed by atoms with E-state index in [1.165, 1.54) is 31.7 Å². The van der Waals surface area contributed by atoms with Gasteiger partial charge in [-0.15, -0.1) is 0 Å². The first-order valence-corrected chi connectivity index (χ1v) is 4.98. The van der Waals surface area contributed by atoms with Crippen molar-refractivity contribution in [1.29, 1.82) is 0 Å². The van der Waals surface area contributed by atoms with E-state index in [0.717, 1.165) is 5.92 Å².